The molecular weight excluding hydrogens is 232 g/mol. The molecule has 0 saturated carbocycles. The largest absolute Gasteiger partial charge is 0.481 e. The van der Waals surface area contributed by atoms with Crippen molar-refractivity contribution in [2.24, 2.45) is 0 Å². The van der Waals surface area contributed by atoms with Gasteiger partial charge in [-0.1, -0.05) is 37.3 Å². The van der Waals surface area contributed by atoms with E-state index in [-0.39, 0.29) is 11.7 Å². The van der Waals surface area contributed by atoms with Crippen LogP contribution in [-0.4, -0.2) is 16.3 Å². The van der Waals surface area contributed by atoms with Crippen LogP contribution in [0.15, 0.2) is 47.4 Å². The molecule has 2 aromatic carbocycles. The first-order chi connectivity index (χ1) is 8.15. The number of carbonyl (C=O) groups is 1. The minimum atomic E-state index is -0.745. The van der Waals surface area contributed by atoms with E-state index in [1.165, 1.54) is 10.8 Å². The van der Waals surface area contributed by atoms with Crippen molar-refractivity contribution in [2.45, 2.75) is 23.5 Å². The molecule has 88 valence electrons. The molecule has 0 saturated heterocycles. The van der Waals surface area contributed by atoms with Gasteiger partial charge in [0.25, 0.3) is 0 Å². The van der Waals surface area contributed by atoms with E-state index >= 15 is 0 Å². The Morgan fingerprint density at radius 1 is 1.24 bits per heavy atom. The molecule has 17 heavy (non-hydrogen) atoms. The van der Waals surface area contributed by atoms with Crippen molar-refractivity contribution in [1.29, 1.82) is 0 Å². The van der Waals surface area contributed by atoms with E-state index in [0.717, 1.165) is 4.90 Å². The van der Waals surface area contributed by atoms with E-state index in [9.17, 15) is 4.79 Å². The van der Waals surface area contributed by atoms with E-state index in [0.29, 0.717) is 0 Å². The summed E-state index contributed by atoms with van der Waals surface area (Å²) in [6.07, 6.45) is 0.192. The Labute approximate surface area is 105 Å². The van der Waals surface area contributed by atoms with Gasteiger partial charge in [-0.25, -0.2) is 0 Å². The Bertz CT molecular complexity index is 536. The Morgan fingerprint density at radius 3 is 2.65 bits per heavy atom. The van der Waals surface area contributed by atoms with Crippen molar-refractivity contribution in [3.63, 3.8) is 0 Å². The van der Waals surface area contributed by atoms with Crippen molar-refractivity contribution in [3.05, 3.63) is 42.5 Å². The van der Waals surface area contributed by atoms with Crippen LogP contribution in [0, 0.1) is 0 Å². The number of hydrogen-bond acceptors (Lipinski definition) is 2. The second kappa shape index (κ2) is 5.23. The zero-order valence-corrected chi connectivity index (χ0v) is 10.4. The van der Waals surface area contributed by atoms with E-state index in [2.05, 4.69) is 24.3 Å². The van der Waals surface area contributed by atoms with E-state index < -0.39 is 5.97 Å². The Morgan fingerprint density at radius 2 is 1.94 bits per heavy atom. The number of rotatable bonds is 4. The molecule has 2 rings (SSSR count). The molecule has 2 nitrogen and oxygen atoms in total. The maximum atomic E-state index is 10.6. The second-order valence-electron chi connectivity index (χ2n) is 4.04. The average molecular weight is 246 g/mol. The molecule has 0 fully saturated rings. The SMILES string of the molecule is CC(CC(=O)O)Sc1ccc2ccccc2c1. The van der Waals surface area contributed by atoms with Crippen LogP contribution in [0.25, 0.3) is 10.8 Å². The van der Waals surface area contributed by atoms with Crippen molar-refractivity contribution in [3.8, 4) is 0 Å². The Hall–Kier alpha value is -1.48. The number of aliphatic carboxylic acids is 1. The molecule has 0 bridgehead atoms. The highest BCUT2D eigenvalue weighted by Gasteiger charge is 2.09. The maximum absolute atomic E-state index is 10.6. The summed E-state index contributed by atoms with van der Waals surface area (Å²) in [5.41, 5.74) is 0. The third-order valence-corrected chi connectivity index (χ3v) is 3.62. The minimum Gasteiger partial charge on any atom is -0.481 e. The lowest BCUT2D eigenvalue weighted by molar-refractivity contribution is -0.136. The van der Waals surface area contributed by atoms with Crippen LogP contribution < -0.4 is 0 Å². The predicted molar refractivity (Wildman–Crippen MR) is 71.5 cm³/mol. The highest BCUT2D eigenvalue weighted by Crippen LogP contribution is 2.28. The molecule has 0 heterocycles. The fraction of sp³-hybridized carbons (Fsp3) is 0.214. The molecule has 1 N–H and O–H groups in total. The summed E-state index contributed by atoms with van der Waals surface area (Å²) in [7, 11) is 0. The summed E-state index contributed by atoms with van der Waals surface area (Å²) in [6.45, 7) is 1.94. The maximum Gasteiger partial charge on any atom is 0.304 e. The Kier molecular flexibility index (Phi) is 3.69. The van der Waals surface area contributed by atoms with Gasteiger partial charge in [-0.2, -0.15) is 0 Å². The van der Waals surface area contributed by atoms with Crippen LogP contribution in [0.1, 0.15) is 13.3 Å². The monoisotopic (exact) mass is 246 g/mol. The fourth-order valence-corrected chi connectivity index (χ4v) is 2.79. The topological polar surface area (TPSA) is 37.3 Å². The number of benzene rings is 2. The lowest BCUT2D eigenvalue weighted by Gasteiger charge is -2.09. The molecule has 0 aliphatic carbocycles. The average Bonchev–Trinajstić information content (AvgIpc) is 2.27. The molecule has 0 amide bonds. The highest BCUT2D eigenvalue weighted by molar-refractivity contribution is 8.00. The van der Waals surface area contributed by atoms with Crippen LogP contribution in [0.3, 0.4) is 0 Å². The van der Waals surface area contributed by atoms with Gasteiger partial charge in [0, 0.05) is 10.1 Å². The van der Waals surface area contributed by atoms with E-state index in [1.807, 2.05) is 25.1 Å². The van der Waals surface area contributed by atoms with Gasteiger partial charge in [-0.3, -0.25) is 4.79 Å². The Balaban J connectivity index is 2.16. The highest BCUT2D eigenvalue weighted by atomic mass is 32.2. The van der Waals surface area contributed by atoms with Crippen LogP contribution in [-0.2, 0) is 4.79 Å². The summed E-state index contributed by atoms with van der Waals surface area (Å²) in [5.74, 6) is -0.745. The number of hydrogen-bond donors (Lipinski definition) is 1. The van der Waals surface area contributed by atoms with E-state index in [4.69, 9.17) is 5.11 Å². The third-order valence-electron chi connectivity index (χ3n) is 2.52. The zero-order valence-electron chi connectivity index (χ0n) is 9.59. The summed E-state index contributed by atoms with van der Waals surface area (Å²) >= 11 is 1.61. The van der Waals surface area contributed by atoms with Gasteiger partial charge in [0.1, 0.15) is 0 Å². The molecule has 0 radical (unpaired) electrons. The van der Waals surface area contributed by atoms with E-state index in [1.54, 1.807) is 11.8 Å². The fourth-order valence-electron chi connectivity index (χ4n) is 1.76. The number of carboxylic acids is 1. The zero-order chi connectivity index (χ0) is 12.3. The van der Waals surface area contributed by atoms with Gasteiger partial charge in [0.2, 0.25) is 0 Å². The molecule has 1 unspecified atom stereocenters. The molecular formula is C14H14O2S. The minimum absolute atomic E-state index is 0.0914. The molecule has 0 aliphatic heterocycles. The third kappa shape index (κ3) is 3.24. The summed E-state index contributed by atoms with van der Waals surface area (Å²) in [5, 5.41) is 11.2. The van der Waals surface area contributed by atoms with Gasteiger partial charge in [0.05, 0.1) is 6.42 Å². The van der Waals surface area contributed by atoms with Crippen LogP contribution in [0.5, 0.6) is 0 Å². The summed E-state index contributed by atoms with van der Waals surface area (Å²) in [6, 6.07) is 14.4. The quantitative estimate of drug-likeness (QED) is 0.834. The van der Waals surface area contributed by atoms with Gasteiger partial charge >= 0.3 is 5.97 Å². The standard InChI is InChI=1S/C14H14O2S/c1-10(8-14(15)16)17-13-7-6-11-4-2-3-5-12(11)9-13/h2-7,9-10H,8H2,1H3,(H,15,16). The normalized spacial score (nSPS) is 12.5. The van der Waals surface area contributed by atoms with Crippen molar-refractivity contribution in [2.75, 3.05) is 0 Å². The second-order valence-corrected chi connectivity index (χ2v) is 5.55. The first kappa shape index (κ1) is 12.0. The van der Waals surface area contributed by atoms with Crippen molar-refractivity contribution < 1.29 is 9.90 Å². The molecule has 1 atom stereocenters. The molecule has 2 aromatic rings. The molecule has 0 aliphatic rings. The van der Waals surface area contributed by atoms with Crippen LogP contribution in [0.2, 0.25) is 0 Å². The van der Waals surface area contributed by atoms with Gasteiger partial charge in [-0.15, -0.1) is 11.8 Å². The summed E-state index contributed by atoms with van der Waals surface area (Å²) < 4.78 is 0. The number of thioether (sulfide) groups is 1. The number of fused-ring (bicyclic) bond motifs is 1. The molecule has 3 heteroatoms. The first-order valence-corrected chi connectivity index (χ1v) is 6.40. The van der Waals surface area contributed by atoms with Gasteiger partial charge in [0.15, 0.2) is 0 Å². The van der Waals surface area contributed by atoms with Crippen LogP contribution >= 0.6 is 11.8 Å². The predicted octanol–water partition coefficient (Wildman–Crippen LogP) is 3.80. The van der Waals surface area contributed by atoms with Crippen molar-refractivity contribution >= 4 is 28.5 Å². The smallest absolute Gasteiger partial charge is 0.304 e. The van der Waals surface area contributed by atoms with Crippen LogP contribution in [0.4, 0.5) is 0 Å². The number of carboxylic acid groups (broad SMARTS) is 1. The first-order valence-electron chi connectivity index (χ1n) is 5.52. The molecule has 0 aromatic heterocycles. The van der Waals surface area contributed by atoms with Gasteiger partial charge < -0.3 is 5.11 Å². The summed E-state index contributed by atoms with van der Waals surface area (Å²) in [4.78, 5) is 11.7. The van der Waals surface area contributed by atoms with Crippen molar-refractivity contribution in [1.82, 2.24) is 0 Å². The lowest BCUT2D eigenvalue weighted by atomic mass is 10.1. The molecule has 0 spiro atoms. The lowest BCUT2D eigenvalue weighted by Crippen LogP contribution is -2.05. The van der Waals surface area contributed by atoms with Gasteiger partial charge in [-0.05, 0) is 22.9 Å².